The second kappa shape index (κ2) is 8.34. The molecule has 3 aromatic carbocycles. The van der Waals surface area contributed by atoms with Gasteiger partial charge in [0.05, 0.1) is 23.3 Å². The van der Waals surface area contributed by atoms with Crippen LogP contribution in [0, 0.1) is 6.92 Å². The average Bonchev–Trinajstić information content (AvgIpc) is 2.69. The molecule has 0 aliphatic heterocycles. The third kappa shape index (κ3) is 4.64. The number of phenolic OH excluding ortho intramolecular Hbond substituents is 2. The van der Waals surface area contributed by atoms with Crippen molar-refractivity contribution in [1.82, 2.24) is 0 Å². The normalized spacial score (nSPS) is 11.0. The highest BCUT2D eigenvalue weighted by atomic mass is 32.2. The van der Waals surface area contributed by atoms with Gasteiger partial charge in [-0.25, -0.2) is 8.42 Å². The number of methoxy groups -OCH3 is 1. The predicted molar refractivity (Wildman–Crippen MR) is 113 cm³/mol. The highest BCUT2D eigenvalue weighted by Gasteiger charge is 2.19. The van der Waals surface area contributed by atoms with E-state index in [2.05, 4.69) is 10.0 Å². The van der Waals surface area contributed by atoms with Crippen molar-refractivity contribution < 1.29 is 28.2 Å². The Morgan fingerprint density at radius 2 is 1.63 bits per heavy atom. The molecule has 0 saturated heterocycles. The van der Waals surface area contributed by atoms with Crippen molar-refractivity contribution in [3.05, 3.63) is 71.8 Å². The number of carbonyl (C=O) groups is 1. The lowest BCUT2D eigenvalue weighted by atomic mass is 10.1. The first-order valence-electron chi connectivity index (χ1n) is 8.80. The van der Waals surface area contributed by atoms with Crippen LogP contribution in [0.2, 0.25) is 0 Å². The topological polar surface area (TPSA) is 125 Å². The second-order valence-corrected chi connectivity index (χ2v) is 8.17. The van der Waals surface area contributed by atoms with E-state index in [0.29, 0.717) is 11.4 Å². The number of benzene rings is 3. The Labute approximate surface area is 173 Å². The molecule has 0 saturated carbocycles. The first-order chi connectivity index (χ1) is 14.2. The molecule has 0 heterocycles. The Kier molecular flexibility index (Phi) is 5.84. The highest BCUT2D eigenvalue weighted by molar-refractivity contribution is 7.92. The summed E-state index contributed by atoms with van der Waals surface area (Å²) in [6.45, 7) is 1.76. The van der Waals surface area contributed by atoms with E-state index in [0.717, 1.165) is 17.7 Å². The van der Waals surface area contributed by atoms with Gasteiger partial charge in [0.15, 0.2) is 0 Å². The number of aryl methyl sites for hydroxylation is 1. The molecule has 0 aromatic heterocycles. The van der Waals surface area contributed by atoms with Crippen LogP contribution in [-0.2, 0) is 10.0 Å². The maximum absolute atomic E-state index is 12.7. The van der Waals surface area contributed by atoms with Crippen molar-refractivity contribution >= 4 is 27.3 Å². The van der Waals surface area contributed by atoms with Crippen molar-refractivity contribution in [3.8, 4) is 17.2 Å². The molecule has 0 unspecified atom stereocenters. The number of phenols is 2. The van der Waals surface area contributed by atoms with Crippen LogP contribution >= 0.6 is 0 Å². The van der Waals surface area contributed by atoms with E-state index in [1.165, 1.54) is 25.3 Å². The summed E-state index contributed by atoms with van der Waals surface area (Å²) in [4.78, 5) is 12.3. The molecule has 4 N–H and O–H groups in total. The molecule has 0 radical (unpaired) electrons. The molecule has 0 aliphatic carbocycles. The van der Waals surface area contributed by atoms with Gasteiger partial charge in [0.1, 0.15) is 17.2 Å². The minimum absolute atomic E-state index is 0.00961. The van der Waals surface area contributed by atoms with Gasteiger partial charge in [-0.2, -0.15) is 0 Å². The Balaban J connectivity index is 1.85. The molecule has 0 bridgehead atoms. The first kappa shape index (κ1) is 21.0. The highest BCUT2D eigenvalue weighted by Crippen LogP contribution is 2.29. The SMILES string of the molecule is COc1ccc(NS(=O)(=O)c2ccc(O)c(NC(=O)c3ccc(C)cc3O)c2)cc1. The molecule has 156 valence electrons. The number of sulfonamides is 1. The Morgan fingerprint density at radius 3 is 2.27 bits per heavy atom. The molecule has 30 heavy (non-hydrogen) atoms. The van der Waals surface area contributed by atoms with E-state index in [-0.39, 0.29) is 27.6 Å². The smallest absolute Gasteiger partial charge is 0.261 e. The van der Waals surface area contributed by atoms with Crippen molar-refractivity contribution in [2.75, 3.05) is 17.1 Å². The van der Waals surface area contributed by atoms with Gasteiger partial charge in [-0.1, -0.05) is 6.07 Å². The number of amides is 1. The van der Waals surface area contributed by atoms with Crippen LogP contribution < -0.4 is 14.8 Å². The second-order valence-electron chi connectivity index (χ2n) is 6.49. The summed E-state index contributed by atoms with van der Waals surface area (Å²) >= 11 is 0. The van der Waals surface area contributed by atoms with Crippen LogP contribution in [-0.4, -0.2) is 31.6 Å². The van der Waals surface area contributed by atoms with E-state index in [1.54, 1.807) is 37.3 Å². The summed E-state index contributed by atoms with van der Waals surface area (Å²) in [7, 11) is -2.49. The molecule has 0 spiro atoms. The third-order valence-corrected chi connectivity index (χ3v) is 5.65. The van der Waals surface area contributed by atoms with Crippen LogP contribution in [0.5, 0.6) is 17.2 Å². The zero-order valence-corrected chi connectivity index (χ0v) is 17.0. The minimum Gasteiger partial charge on any atom is -0.507 e. The quantitative estimate of drug-likeness (QED) is 0.446. The fourth-order valence-corrected chi connectivity index (χ4v) is 3.76. The number of rotatable bonds is 6. The Hall–Kier alpha value is -3.72. The number of aromatic hydroxyl groups is 2. The summed E-state index contributed by atoms with van der Waals surface area (Å²) in [6.07, 6.45) is 0. The van der Waals surface area contributed by atoms with Gasteiger partial charge in [0.25, 0.3) is 15.9 Å². The number of hydrogen-bond acceptors (Lipinski definition) is 6. The van der Waals surface area contributed by atoms with E-state index in [4.69, 9.17) is 4.74 Å². The van der Waals surface area contributed by atoms with Crippen molar-refractivity contribution in [2.24, 2.45) is 0 Å². The number of ether oxygens (including phenoxy) is 1. The lowest BCUT2D eigenvalue weighted by Crippen LogP contribution is -2.15. The molecular weight excluding hydrogens is 408 g/mol. The van der Waals surface area contributed by atoms with Gasteiger partial charge in [-0.05, 0) is 67.1 Å². The Morgan fingerprint density at radius 1 is 0.933 bits per heavy atom. The van der Waals surface area contributed by atoms with Crippen molar-refractivity contribution in [3.63, 3.8) is 0 Å². The number of anilines is 2. The third-order valence-electron chi connectivity index (χ3n) is 4.27. The maximum Gasteiger partial charge on any atom is 0.261 e. The molecule has 0 aliphatic rings. The van der Waals surface area contributed by atoms with Gasteiger partial charge in [-0.15, -0.1) is 0 Å². The summed E-state index contributed by atoms with van der Waals surface area (Å²) < 4.78 is 32.8. The van der Waals surface area contributed by atoms with Gasteiger partial charge in [-0.3, -0.25) is 9.52 Å². The monoisotopic (exact) mass is 428 g/mol. The van der Waals surface area contributed by atoms with E-state index < -0.39 is 15.9 Å². The van der Waals surface area contributed by atoms with E-state index >= 15 is 0 Å². The number of hydrogen-bond donors (Lipinski definition) is 4. The van der Waals surface area contributed by atoms with E-state index in [9.17, 15) is 23.4 Å². The van der Waals surface area contributed by atoms with Gasteiger partial charge in [0, 0.05) is 5.69 Å². The van der Waals surface area contributed by atoms with Crippen LogP contribution in [0.1, 0.15) is 15.9 Å². The minimum atomic E-state index is -3.99. The maximum atomic E-state index is 12.7. The molecule has 0 atom stereocenters. The van der Waals surface area contributed by atoms with Crippen molar-refractivity contribution in [1.29, 1.82) is 0 Å². The van der Waals surface area contributed by atoms with E-state index in [1.807, 2.05) is 0 Å². The lowest BCUT2D eigenvalue weighted by Gasteiger charge is -2.12. The predicted octanol–water partition coefficient (Wildman–Crippen LogP) is 3.47. The fourth-order valence-electron chi connectivity index (χ4n) is 2.68. The zero-order valence-electron chi connectivity index (χ0n) is 16.2. The van der Waals surface area contributed by atoms with Crippen LogP contribution in [0.15, 0.2) is 65.6 Å². The average molecular weight is 428 g/mol. The lowest BCUT2D eigenvalue weighted by molar-refractivity contribution is 0.102. The molecular formula is C21H20N2O6S. The standard InChI is InChI=1S/C21H20N2O6S/c1-13-3-9-17(20(25)11-13)21(26)22-18-12-16(8-10-19(18)24)30(27,28)23-14-4-6-15(29-2)7-5-14/h3-12,23-25H,1-2H3,(H,22,26). The largest absolute Gasteiger partial charge is 0.507 e. The molecule has 8 nitrogen and oxygen atoms in total. The Bertz CT molecular complexity index is 1190. The summed E-state index contributed by atoms with van der Waals surface area (Å²) in [5.74, 6) is -0.664. The van der Waals surface area contributed by atoms with Crippen molar-refractivity contribution in [2.45, 2.75) is 11.8 Å². The summed E-state index contributed by atoms with van der Waals surface area (Å²) in [5.41, 5.74) is 0.964. The molecule has 3 rings (SSSR count). The summed E-state index contributed by atoms with van der Waals surface area (Å²) in [6, 6.07) is 14.3. The van der Waals surface area contributed by atoms with Gasteiger partial charge >= 0.3 is 0 Å². The fraction of sp³-hybridized carbons (Fsp3) is 0.0952. The summed E-state index contributed by atoms with van der Waals surface area (Å²) in [5, 5.41) is 22.4. The molecule has 3 aromatic rings. The number of nitrogens with one attached hydrogen (secondary N) is 2. The number of carbonyl (C=O) groups excluding carboxylic acids is 1. The molecule has 9 heteroatoms. The first-order valence-corrected chi connectivity index (χ1v) is 10.3. The molecule has 0 fully saturated rings. The van der Waals surface area contributed by atoms with Crippen LogP contribution in [0.3, 0.4) is 0 Å². The van der Waals surface area contributed by atoms with Crippen LogP contribution in [0.4, 0.5) is 11.4 Å². The van der Waals surface area contributed by atoms with Crippen LogP contribution in [0.25, 0.3) is 0 Å². The molecule has 1 amide bonds. The van der Waals surface area contributed by atoms with Gasteiger partial charge in [0.2, 0.25) is 0 Å². The van der Waals surface area contributed by atoms with Gasteiger partial charge < -0.3 is 20.3 Å². The zero-order chi connectivity index (χ0) is 21.9.